The standard InChI is InChI=1S/C17H23N3O/c1-3-11-18-15(10-9-14-7-5-4-6-8-14)16-17(21-2)20-13-12-19-16/h4-8,12-13,15,18H,3,9-11H2,1-2H3. The Bertz CT molecular complexity index is 531. The summed E-state index contributed by atoms with van der Waals surface area (Å²) in [4.78, 5) is 8.72. The molecule has 0 bridgehead atoms. The molecule has 2 rings (SSSR count). The van der Waals surface area contributed by atoms with Gasteiger partial charge in [0.1, 0.15) is 5.69 Å². The molecule has 4 nitrogen and oxygen atoms in total. The highest BCUT2D eigenvalue weighted by Crippen LogP contribution is 2.24. The van der Waals surface area contributed by atoms with Gasteiger partial charge in [0.2, 0.25) is 5.88 Å². The Morgan fingerprint density at radius 3 is 2.62 bits per heavy atom. The van der Waals surface area contributed by atoms with Crippen molar-refractivity contribution in [2.75, 3.05) is 13.7 Å². The molecule has 112 valence electrons. The predicted octanol–water partition coefficient (Wildman–Crippen LogP) is 3.16. The molecule has 4 heteroatoms. The van der Waals surface area contributed by atoms with Gasteiger partial charge in [0.15, 0.2) is 0 Å². The minimum absolute atomic E-state index is 0.161. The molecule has 21 heavy (non-hydrogen) atoms. The van der Waals surface area contributed by atoms with Crippen molar-refractivity contribution in [1.82, 2.24) is 15.3 Å². The number of benzene rings is 1. The molecular weight excluding hydrogens is 262 g/mol. The van der Waals surface area contributed by atoms with Gasteiger partial charge in [0.25, 0.3) is 0 Å². The van der Waals surface area contributed by atoms with Crippen LogP contribution in [0, 0.1) is 0 Å². The maximum Gasteiger partial charge on any atom is 0.236 e. The highest BCUT2D eigenvalue weighted by molar-refractivity contribution is 5.22. The normalized spacial score (nSPS) is 12.1. The first-order valence-corrected chi connectivity index (χ1v) is 7.47. The van der Waals surface area contributed by atoms with Gasteiger partial charge >= 0.3 is 0 Å². The Morgan fingerprint density at radius 1 is 1.14 bits per heavy atom. The van der Waals surface area contributed by atoms with Gasteiger partial charge in [-0.25, -0.2) is 4.98 Å². The number of hydrogen-bond acceptors (Lipinski definition) is 4. The van der Waals surface area contributed by atoms with Crippen LogP contribution in [0.2, 0.25) is 0 Å². The van der Waals surface area contributed by atoms with Gasteiger partial charge in [-0.05, 0) is 31.4 Å². The number of methoxy groups -OCH3 is 1. The van der Waals surface area contributed by atoms with Crippen LogP contribution >= 0.6 is 0 Å². The number of aromatic nitrogens is 2. The molecule has 0 amide bonds. The van der Waals surface area contributed by atoms with Crippen molar-refractivity contribution in [3.8, 4) is 5.88 Å². The van der Waals surface area contributed by atoms with E-state index in [1.54, 1.807) is 19.5 Å². The van der Waals surface area contributed by atoms with Crippen LogP contribution in [0.25, 0.3) is 0 Å². The van der Waals surface area contributed by atoms with Crippen LogP contribution in [0.15, 0.2) is 42.7 Å². The number of ether oxygens (including phenoxy) is 1. The fraction of sp³-hybridized carbons (Fsp3) is 0.412. The fourth-order valence-electron chi connectivity index (χ4n) is 2.34. The molecule has 0 spiro atoms. The van der Waals surface area contributed by atoms with E-state index >= 15 is 0 Å². The molecular formula is C17H23N3O. The summed E-state index contributed by atoms with van der Waals surface area (Å²) < 4.78 is 5.34. The largest absolute Gasteiger partial charge is 0.480 e. The van der Waals surface area contributed by atoms with Crippen molar-refractivity contribution < 1.29 is 4.74 Å². The number of aryl methyl sites for hydroxylation is 1. The fourth-order valence-corrected chi connectivity index (χ4v) is 2.34. The van der Waals surface area contributed by atoms with Crippen LogP contribution in [0.3, 0.4) is 0 Å². The molecule has 0 aliphatic heterocycles. The van der Waals surface area contributed by atoms with E-state index in [0.717, 1.165) is 31.5 Å². The van der Waals surface area contributed by atoms with Crippen molar-refractivity contribution >= 4 is 0 Å². The second kappa shape index (κ2) is 8.37. The summed E-state index contributed by atoms with van der Waals surface area (Å²) in [5, 5.41) is 3.55. The molecule has 0 saturated carbocycles. The van der Waals surface area contributed by atoms with E-state index in [9.17, 15) is 0 Å². The summed E-state index contributed by atoms with van der Waals surface area (Å²) in [6.07, 6.45) is 6.45. The Labute approximate surface area is 126 Å². The molecule has 0 aliphatic rings. The summed E-state index contributed by atoms with van der Waals surface area (Å²) in [5.74, 6) is 0.610. The number of rotatable bonds is 8. The summed E-state index contributed by atoms with van der Waals surface area (Å²) in [6.45, 7) is 3.12. The van der Waals surface area contributed by atoms with Crippen LogP contribution < -0.4 is 10.1 Å². The minimum Gasteiger partial charge on any atom is -0.480 e. The van der Waals surface area contributed by atoms with Crippen molar-refractivity contribution in [3.05, 3.63) is 54.0 Å². The van der Waals surface area contributed by atoms with E-state index in [1.165, 1.54) is 5.56 Å². The van der Waals surface area contributed by atoms with Crippen molar-refractivity contribution in [2.45, 2.75) is 32.2 Å². The van der Waals surface area contributed by atoms with E-state index in [-0.39, 0.29) is 6.04 Å². The third-order valence-electron chi connectivity index (χ3n) is 3.42. The molecule has 0 radical (unpaired) electrons. The van der Waals surface area contributed by atoms with E-state index in [1.807, 2.05) is 6.07 Å². The van der Waals surface area contributed by atoms with E-state index < -0.39 is 0 Å². The molecule has 0 fully saturated rings. The van der Waals surface area contributed by atoms with Crippen LogP contribution in [0.4, 0.5) is 0 Å². The van der Waals surface area contributed by atoms with Crippen LogP contribution in [-0.4, -0.2) is 23.6 Å². The van der Waals surface area contributed by atoms with E-state index in [4.69, 9.17) is 4.74 Å². The third-order valence-corrected chi connectivity index (χ3v) is 3.42. The maximum atomic E-state index is 5.34. The highest BCUT2D eigenvalue weighted by Gasteiger charge is 2.17. The molecule has 1 aromatic carbocycles. The SMILES string of the molecule is CCCNC(CCc1ccccc1)c1nccnc1OC. The third kappa shape index (κ3) is 4.53. The quantitative estimate of drug-likeness (QED) is 0.809. The van der Waals surface area contributed by atoms with Gasteiger partial charge in [0.05, 0.1) is 13.2 Å². The number of nitrogens with zero attached hydrogens (tertiary/aromatic N) is 2. The van der Waals surface area contributed by atoms with Crippen LogP contribution in [0.1, 0.15) is 37.1 Å². The molecule has 1 atom stereocenters. The molecule has 1 heterocycles. The van der Waals surface area contributed by atoms with Crippen molar-refractivity contribution in [1.29, 1.82) is 0 Å². The van der Waals surface area contributed by atoms with E-state index in [0.29, 0.717) is 5.88 Å². The average Bonchev–Trinajstić information content (AvgIpc) is 2.56. The van der Waals surface area contributed by atoms with E-state index in [2.05, 4.69) is 46.5 Å². The topological polar surface area (TPSA) is 47.0 Å². The highest BCUT2D eigenvalue weighted by atomic mass is 16.5. The molecule has 1 N–H and O–H groups in total. The average molecular weight is 285 g/mol. The molecule has 0 aliphatic carbocycles. The lowest BCUT2D eigenvalue weighted by Crippen LogP contribution is -2.24. The second-order valence-electron chi connectivity index (χ2n) is 4.98. The molecule has 2 aromatic rings. The Kier molecular flexibility index (Phi) is 6.16. The Morgan fingerprint density at radius 2 is 1.90 bits per heavy atom. The lowest BCUT2D eigenvalue weighted by molar-refractivity contribution is 0.373. The lowest BCUT2D eigenvalue weighted by atomic mass is 10.0. The zero-order chi connectivity index (χ0) is 14.9. The smallest absolute Gasteiger partial charge is 0.236 e. The maximum absolute atomic E-state index is 5.34. The predicted molar refractivity (Wildman–Crippen MR) is 84.4 cm³/mol. The summed E-state index contributed by atoms with van der Waals surface area (Å²) in [6, 6.07) is 10.7. The van der Waals surface area contributed by atoms with Crippen molar-refractivity contribution in [2.24, 2.45) is 0 Å². The van der Waals surface area contributed by atoms with Crippen molar-refractivity contribution in [3.63, 3.8) is 0 Å². The summed E-state index contributed by atoms with van der Waals surface area (Å²) in [7, 11) is 1.64. The first kappa shape index (κ1) is 15.4. The monoisotopic (exact) mass is 285 g/mol. The minimum atomic E-state index is 0.161. The Hall–Kier alpha value is -1.94. The summed E-state index contributed by atoms with van der Waals surface area (Å²) in [5.41, 5.74) is 2.23. The first-order chi connectivity index (χ1) is 10.3. The van der Waals surface area contributed by atoms with Gasteiger partial charge < -0.3 is 10.1 Å². The first-order valence-electron chi connectivity index (χ1n) is 7.47. The zero-order valence-electron chi connectivity index (χ0n) is 12.7. The Balaban J connectivity index is 2.10. The lowest BCUT2D eigenvalue weighted by Gasteiger charge is -2.19. The molecule has 0 saturated heterocycles. The molecule has 1 unspecified atom stereocenters. The zero-order valence-corrected chi connectivity index (χ0v) is 12.7. The van der Waals surface area contributed by atoms with Crippen LogP contribution in [0.5, 0.6) is 5.88 Å². The van der Waals surface area contributed by atoms with Gasteiger partial charge in [0, 0.05) is 12.4 Å². The number of hydrogen-bond donors (Lipinski definition) is 1. The molecule has 1 aromatic heterocycles. The number of nitrogens with one attached hydrogen (secondary N) is 1. The van der Waals surface area contributed by atoms with Crippen LogP contribution in [-0.2, 0) is 6.42 Å². The second-order valence-corrected chi connectivity index (χ2v) is 4.98. The van der Waals surface area contributed by atoms with Gasteiger partial charge in [-0.3, -0.25) is 4.98 Å². The summed E-state index contributed by atoms with van der Waals surface area (Å²) >= 11 is 0. The van der Waals surface area contributed by atoms with Gasteiger partial charge in [-0.2, -0.15) is 0 Å². The van der Waals surface area contributed by atoms with Gasteiger partial charge in [-0.15, -0.1) is 0 Å². The van der Waals surface area contributed by atoms with Gasteiger partial charge in [-0.1, -0.05) is 37.3 Å².